The number of hydrogen-bond donors (Lipinski definition) is 1. The highest BCUT2D eigenvalue weighted by molar-refractivity contribution is 9.10. The molecule has 1 saturated carbocycles. The Morgan fingerprint density at radius 2 is 2.20 bits per heavy atom. The molecule has 1 N–H and O–H groups in total. The Morgan fingerprint density at radius 1 is 1.33 bits per heavy atom. The summed E-state index contributed by atoms with van der Waals surface area (Å²) in [4.78, 5) is 2.57. The Kier molecular flexibility index (Phi) is 2.35. The first kappa shape index (κ1) is 9.52. The lowest BCUT2D eigenvalue weighted by atomic mass is 10.2. The first-order valence-corrected chi connectivity index (χ1v) is 6.44. The van der Waals surface area contributed by atoms with Crippen LogP contribution in [0.25, 0.3) is 0 Å². The normalized spacial score (nSPS) is 20.5. The number of rotatable bonds is 1. The molecule has 1 aliphatic heterocycles. The lowest BCUT2D eigenvalue weighted by Crippen LogP contribution is -2.26. The minimum atomic E-state index is 0.804. The maximum atomic E-state index is 3.62. The van der Waals surface area contributed by atoms with Crippen LogP contribution in [0.5, 0.6) is 0 Å². The average molecular weight is 267 g/mol. The largest absolute Gasteiger partial charge is 0.382 e. The minimum Gasteiger partial charge on any atom is -0.382 e. The zero-order valence-corrected chi connectivity index (χ0v) is 10.3. The van der Waals surface area contributed by atoms with Gasteiger partial charge in [0.2, 0.25) is 0 Å². The Morgan fingerprint density at radius 3 is 3.00 bits per heavy atom. The summed E-state index contributed by atoms with van der Waals surface area (Å²) in [7, 11) is 0. The van der Waals surface area contributed by atoms with E-state index in [9.17, 15) is 0 Å². The molecule has 0 radical (unpaired) electrons. The van der Waals surface area contributed by atoms with Crippen molar-refractivity contribution in [2.45, 2.75) is 25.3 Å². The number of anilines is 2. The highest BCUT2D eigenvalue weighted by Crippen LogP contribution is 2.40. The molecule has 1 aliphatic carbocycles. The molecule has 15 heavy (non-hydrogen) atoms. The third-order valence-electron chi connectivity index (χ3n) is 3.17. The highest BCUT2D eigenvalue weighted by Gasteiger charge is 2.31. The lowest BCUT2D eigenvalue weighted by molar-refractivity contribution is 0.760. The van der Waals surface area contributed by atoms with Crippen molar-refractivity contribution in [3.05, 3.63) is 22.7 Å². The van der Waals surface area contributed by atoms with Gasteiger partial charge in [0.1, 0.15) is 0 Å². The second kappa shape index (κ2) is 3.71. The molecular weight excluding hydrogens is 252 g/mol. The van der Waals surface area contributed by atoms with Crippen molar-refractivity contribution in [1.29, 1.82) is 0 Å². The van der Waals surface area contributed by atoms with Crippen LogP contribution in [0.4, 0.5) is 11.4 Å². The van der Waals surface area contributed by atoms with Crippen LogP contribution in [0.1, 0.15) is 19.3 Å². The van der Waals surface area contributed by atoms with Gasteiger partial charge in [-0.1, -0.05) is 6.07 Å². The van der Waals surface area contributed by atoms with E-state index in [1.54, 1.807) is 0 Å². The van der Waals surface area contributed by atoms with Gasteiger partial charge in [-0.25, -0.2) is 0 Å². The van der Waals surface area contributed by atoms with E-state index in [2.05, 4.69) is 44.3 Å². The van der Waals surface area contributed by atoms with E-state index in [4.69, 9.17) is 0 Å². The molecule has 1 aromatic carbocycles. The van der Waals surface area contributed by atoms with Crippen LogP contribution >= 0.6 is 15.9 Å². The first-order chi connectivity index (χ1) is 7.36. The summed E-state index contributed by atoms with van der Waals surface area (Å²) in [5.41, 5.74) is 2.66. The molecule has 0 spiro atoms. The molecule has 1 fully saturated rings. The summed E-state index contributed by atoms with van der Waals surface area (Å²) in [5.74, 6) is 0. The minimum absolute atomic E-state index is 0.804. The van der Waals surface area contributed by atoms with Crippen molar-refractivity contribution in [3.63, 3.8) is 0 Å². The highest BCUT2D eigenvalue weighted by atomic mass is 79.9. The molecule has 0 saturated heterocycles. The summed E-state index contributed by atoms with van der Waals surface area (Å²) in [5, 5.41) is 3.52. The number of nitrogens with zero attached hydrogens (tertiary/aromatic N) is 1. The molecule has 0 amide bonds. The van der Waals surface area contributed by atoms with Gasteiger partial charge in [0.25, 0.3) is 0 Å². The van der Waals surface area contributed by atoms with Gasteiger partial charge in [-0.2, -0.15) is 0 Å². The van der Waals surface area contributed by atoms with Crippen LogP contribution < -0.4 is 10.2 Å². The maximum Gasteiger partial charge on any atom is 0.0722 e. The van der Waals surface area contributed by atoms with E-state index >= 15 is 0 Å². The number of fused-ring (bicyclic) bond motifs is 1. The number of hydrogen-bond acceptors (Lipinski definition) is 2. The second-order valence-corrected chi connectivity index (χ2v) is 5.19. The molecule has 0 atom stereocenters. The van der Waals surface area contributed by atoms with Crippen molar-refractivity contribution in [1.82, 2.24) is 0 Å². The zero-order chi connectivity index (χ0) is 10.3. The second-order valence-electron chi connectivity index (χ2n) is 4.34. The van der Waals surface area contributed by atoms with E-state index in [0.717, 1.165) is 12.6 Å². The van der Waals surface area contributed by atoms with E-state index in [-0.39, 0.29) is 0 Å². The molecule has 3 rings (SSSR count). The number of para-hydroxylation sites is 1. The van der Waals surface area contributed by atoms with Crippen LogP contribution in [0, 0.1) is 0 Å². The van der Waals surface area contributed by atoms with Gasteiger partial charge in [-0.15, -0.1) is 0 Å². The van der Waals surface area contributed by atoms with Crippen LogP contribution in [-0.2, 0) is 0 Å². The van der Waals surface area contributed by atoms with Gasteiger partial charge >= 0.3 is 0 Å². The Labute approximate surface area is 98.8 Å². The number of halogens is 1. The predicted molar refractivity (Wildman–Crippen MR) is 67.6 cm³/mol. The van der Waals surface area contributed by atoms with Gasteiger partial charge in [-0.05, 0) is 47.3 Å². The fraction of sp³-hybridized carbons (Fsp3) is 0.500. The van der Waals surface area contributed by atoms with Crippen molar-refractivity contribution in [3.8, 4) is 0 Å². The Balaban J connectivity index is 2.04. The zero-order valence-electron chi connectivity index (χ0n) is 8.67. The summed E-state index contributed by atoms with van der Waals surface area (Å²) >= 11 is 3.62. The van der Waals surface area contributed by atoms with Gasteiger partial charge in [0, 0.05) is 23.6 Å². The molecule has 1 aromatic rings. The molecule has 0 aromatic heterocycles. The molecule has 2 nitrogen and oxygen atoms in total. The molecule has 0 bridgehead atoms. The summed E-state index contributed by atoms with van der Waals surface area (Å²) in [6, 6.07) is 7.28. The van der Waals surface area contributed by atoms with Gasteiger partial charge in [-0.3, -0.25) is 0 Å². The standard InChI is InChI=1S/C12H15BrN2/c13-10-3-1-4-11-12(10)14-7-2-8-15(11)9-5-6-9/h1,3-4,9,14H,2,5-8H2. The van der Waals surface area contributed by atoms with E-state index in [1.807, 2.05) is 0 Å². The maximum absolute atomic E-state index is 3.62. The lowest BCUT2D eigenvalue weighted by Gasteiger charge is -2.24. The molecular formula is C12H15BrN2. The van der Waals surface area contributed by atoms with Gasteiger partial charge in [0.05, 0.1) is 11.4 Å². The quantitative estimate of drug-likeness (QED) is 0.840. The van der Waals surface area contributed by atoms with Gasteiger partial charge in [0.15, 0.2) is 0 Å². The fourth-order valence-corrected chi connectivity index (χ4v) is 2.77. The number of benzene rings is 1. The fourth-order valence-electron chi connectivity index (χ4n) is 2.28. The topological polar surface area (TPSA) is 15.3 Å². The Hall–Kier alpha value is -0.700. The monoisotopic (exact) mass is 266 g/mol. The molecule has 3 heteroatoms. The molecule has 80 valence electrons. The van der Waals surface area contributed by atoms with E-state index in [1.165, 1.54) is 41.7 Å². The van der Waals surface area contributed by atoms with Crippen molar-refractivity contribution in [2.75, 3.05) is 23.3 Å². The van der Waals surface area contributed by atoms with Crippen molar-refractivity contribution in [2.24, 2.45) is 0 Å². The van der Waals surface area contributed by atoms with E-state index < -0.39 is 0 Å². The van der Waals surface area contributed by atoms with Crippen molar-refractivity contribution >= 4 is 27.3 Å². The average Bonchev–Trinajstić information content (AvgIpc) is 3.03. The van der Waals surface area contributed by atoms with Gasteiger partial charge < -0.3 is 10.2 Å². The first-order valence-electron chi connectivity index (χ1n) is 5.65. The van der Waals surface area contributed by atoms with Crippen LogP contribution in [0.15, 0.2) is 22.7 Å². The van der Waals surface area contributed by atoms with E-state index in [0.29, 0.717) is 0 Å². The van der Waals surface area contributed by atoms with Crippen LogP contribution in [0.3, 0.4) is 0 Å². The third-order valence-corrected chi connectivity index (χ3v) is 3.83. The summed E-state index contributed by atoms with van der Waals surface area (Å²) < 4.78 is 1.19. The molecule has 1 heterocycles. The predicted octanol–water partition coefficient (Wildman–Crippen LogP) is 3.23. The van der Waals surface area contributed by atoms with Crippen LogP contribution in [0.2, 0.25) is 0 Å². The third kappa shape index (κ3) is 1.73. The SMILES string of the molecule is Brc1cccc2c1NCCCN2C1CC1. The van der Waals surface area contributed by atoms with Crippen LogP contribution in [-0.4, -0.2) is 19.1 Å². The van der Waals surface area contributed by atoms with Crippen molar-refractivity contribution < 1.29 is 0 Å². The molecule has 2 aliphatic rings. The number of nitrogens with one attached hydrogen (secondary N) is 1. The molecule has 0 unspecified atom stereocenters. The smallest absolute Gasteiger partial charge is 0.0722 e. The Bertz CT molecular complexity index is 374. The summed E-state index contributed by atoms with van der Waals surface area (Å²) in [6.07, 6.45) is 3.97. The summed E-state index contributed by atoms with van der Waals surface area (Å²) in [6.45, 7) is 2.28.